The number of likely N-dealkylation sites (tertiary alicyclic amines) is 1. The average molecular weight is 429 g/mol. The van der Waals surface area contributed by atoms with E-state index >= 15 is 0 Å². The third-order valence-corrected chi connectivity index (χ3v) is 6.59. The molecule has 2 fully saturated rings. The van der Waals surface area contributed by atoms with Gasteiger partial charge >= 0.3 is 5.97 Å². The standard InChI is InChI=1S/C21H33B2N3O5/c1-23-17-11-14(10-16(22)20(17)30)12-18(27)21(31)26-8-6-25(7-9-26)15-2-4-24(5-3-15)13-19(28)29/h10-11,15,18,23,27,30H,2-9,12-13,22H2,1H3,(H,28,29)/t18-/m1/s1. The van der Waals surface area contributed by atoms with Crippen LogP contribution in [-0.4, -0.2) is 115 Å². The van der Waals surface area contributed by atoms with Gasteiger partial charge in [-0.25, -0.2) is 0 Å². The first-order valence-corrected chi connectivity index (χ1v) is 11.2. The number of carbonyl (C=O) groups is 2. The zero-order valence-corrected chi connectivity index (χ0v) is 18.6. The monoisotopic (exact) mass is 429 g/mol. The van der Waals surface area contributed by atoms with Gasteiger partial charge in [-0.2, -0.15) is 0 Å². The van der Waals surface area contributed by atoms with Gasteiger partial charge in [0.1, 0.15) is 19.7 Å². The highest BCUT2D eigenvalue weighted by Crippen LogP contribution is 2.19. The number of amides is 1. The minimum absolute atomic E-state index is 0.104. The molecule has 0 aromatic heterocycles. The summed E-state index contributed by atoms with van der Waals surface area (Å²) in [6, 6.07) is 4.13. The molecule has 0 unspecified atom stereocenters. The quantitative estimate of drug-likeness (QED) is 0.407. The molecule has 10 heteroatoms. The average Bonchev–Trinajstić information content (AvgIpc) is 2.76. The number of carbonyl (C=O) groups excluding carboxylic acids is 1. The Morgan fingerprint density at radius 2 is 1.81 bits per heavy atom. The number of hydrogen-bond acceptors (Lipinski definition) is 6. The van der Waals surface area contributed by atoms with Gasteiger partial charge in [0.15, 0.2) is 7.28 Å². The van der Waals surface area contributed by atoms with E-state index in [0.29, 0.717) is 26.4 Å². The molecule has 2 saturated heterocycles. The van der Waals surface area contributed by atoms with Crippen molar-refractivity contribution in [3.8, 4) is 5.75 Å². The second-order valence-corrected chi connectivity index (χ2v) is 8.76. The molecule has 168 valence electrons. The zero-order valence-electron chi connectivity index (χ0n) is 18.6. The van der Waals surface area contributed by atoms with Crippen molar-refractivity contribution < 1.29 is 24.9 Å². The maximum Gasteiger partial charge on any atom is 0.317 e. The molecule has 0 bridgehead atoms. The Labute approximate surface area is 185 Å². The Morgan fingerprint density at radius 1 is 1.16 bits per heavy atom. The van der Waals surface area contributed by atoms with Crippen molar-refractivity contribution in [3.63, 3.8) is 0 Å². The van der Waals surface area contributed by atoms with E-state index in [1.807, 2.05) is 31.7 Å². The number of phenolic OH excluding ortho intramolecular Hbond substituents is 1. The van der Waals surface area contributed by atoms with Crippen molar-refractivity contribution in [1.82, 2.24) is 14.7 Å². The number of hydrogen-bond donors (Lipinski definition) is 3. The molecule has 0 saturated carbocycles. The summed E-state index contributed by atoms with van der Waals surface area (Å²) in [5.41, 5.74) is 2.45. The van der Waals surface area contributed by atoms with Crippen molar-refractivity contribution in [1.29, 1.82) is 0 Å². The predicted molar refractivity (Wildman–Crippen MR) is 124 cm³/mol. The van der Waals surface area contributed by atoms with E-state index in [1.165, 1.54) is 0 Å². The Morgan fingerprint density at radius 3 is 2.39 bits per heavy atom. The number of rotatable bonds is 7. The van der Waals surface area contributed by atoms with Gasteiger partial charge < -0.3 is 20.2 Å². The minimum Gasteiger partial charge on any atom is -0.509 e. The van der Waals surface area contributed by atoms with E-state index in [-0.39, 0.29) is 24.6 Å². The Hall–Kier alpha value is -2.03. The van der Waals surface area contributed by atoms with E-state index in [1.54, 1.807) is 4.90 Å². The number of piperidine rings is 1. The van der Waals surface area contributed by atoms with Crippen LogP contribution in [-0.2, 0) is 16.0 Å². The second kappa shape index (κ2) is 10.5. The highest BCUT2D eigenvalue weighted by atomic mass is 16.4. The largest absolute Gasteiger partial charge is 0.509 e. The fraction of sp³-hybridized carbons (Fsp3) is 0.619. The molecule has 1 aromatic rings. The molecule has 2 heterocycles. The van der Waals surface area contributed by atoms with E-state index in [9.17, 15) is 19.8 Å². The molecule has 0 spiro atoms. The highest BCUT2D eigenvalue weighted by molar-refractivity contribution is 6.54. The summed E-state index contributed by atoms with van der Waals surface area (Å²) in [5, 5.41) is 29.6. The van der Waals surface area contributed by atoms with Gasteiger partial charge in [-0.15, -0.1) is 0 Å². The predicted octanol–water partition coefficient (Wildman–Crippen LogP) is -2.64. The normalized spacial score (nSPS) is 19.9. The summed E-state index contributed by atoms with van der Waals surface area (Å²) >= 11 is 0. The molecule has 3 N–H and O–H groups in total. The van der Waals surface area contributed by atoms with Crippen LogP contribution in [0, 0.1) is 0 Å². The summed E-state index contributed by atoms with van der Waals surface area (Å²) in [7, 11) is 2.53. The van der Waals surface area contributed by atoms with Crippen LogP contribution in [0.25, 0.3) is 0 Å². The van der Waals surface area contributed by atoms with E-state index in [0.717, 1.165) is 55.5 Å². The lowest BCUT2D eigenvalue weighted by molar-refractivity contribution is -0.142. The van der Waals surface area contributed by atoms with Gasteiger partial charge in [0.25, 0.3) is 5.91 Å². The second-order valence-electron chi connectivity index (χ2n) is 8.76. The first-order valence-electron chi connectivity index (χ1n) is 11.2. The molecule has 1 atom stereocenters. The lowest BCUT2D eigenvalue weighted by Crippen LogP contribution is -2.56. The fourth-order valence-corrected chi connectivity index (χ4v) is 4.78. The smallest absolute Gasteiger partial charge is 0.317 e. The van der Waals surface area contributed by atoms with E-state index in [4.69, 9.17) is 5.11 Å². The SMILES string of the molecule is Bc1cc(C[C@@H](O)C(=O)N2CCN(C3CCN(CC(=O)O)CC3)CC2)cc(BC)c1O. The summed E-state index contributed by atoms with van der Waals surface area (Å²) in [6.45, 7) is 6.41. The summed E-state index contributed by atoms with van der Waals surface area (Å²) < 4.78 is 0. The summed E-state index contributed by atoms with van der Waals surface area (Å²) in [5.74, 6) is -0.728. The number of aliphatic hydroxyl groups is 1. The van der Waals surface area contributed by atoms with Crippen LogP contribution < -0.4 is 10.9 Å². The van der Waals surface area contributed by atoms with Crippen LogP contribution in [0.5, 0.6) is 5.75 Å². The van der Waals surface area contributed by atoms with Crippen molar-refractivity contribution in [2.24, 2.45) is 0 Å². The number of carboxylic acid groups (broad SMARTS) is 1. The number of aliphatic hydroxyl groups excluding tert-OH is 1. The molecule has 0 radical (unpaired) electrons. The number of phenols is 1. The van der Waals surface area contributed by atoms with Crippen LogP contribution in [0.3, 0.4) is 0 Å². The number of piperazine rings is 1. The van der Waals surface area contributed by atoms with Crippen molar-refractivity contribution in [2.75, 3.05) is 45.8 Å². The van der Waals surface area contributed by atoms with E-state index < -0.39 is 12.1 Å². The molecule has 31 heavy (non-hydrogen) atoms. The zero-order chi connectivity index (χ0) is 22.5. The molecule has 1 amide bonds. The molecule has 3 rings (SSSR count). The van der Waals surface area contributed by atoms with Gasteiger partial charge in [-0.1, -0.05) is 19.0 Å². The fourth-order valence-electron chi connectivity index (χ4n) is 4.78. The molecule has 2 aliphatic rings. The van der Waals surface area contributed by atoms with Gasteiger partial charge in [-0.3, -0.25) is 19.4 Å². The molecule has 0 aliphatic carbocycles. The Balaban J connectivity index is 1.48. The van der Waals surface area contributed by atoms with Crippen LogP contribution in [0.4, 0.5) is 0 Å². The van der Waals surface area contributed by atoms with Crippen molar-refractivity contribution in [2.45, 2.75) is 38.2 Å². The maximum atomic E-state index is 12.8. The topological polar surface area (TPSA) is 105 Å². The first kappa shape index (κ1) is 23.6. The third-order valence-electron chi connectivity index (χ3n) is 6.59. The lowest BCUT2D eigenvalue weighted by atomic mass is 9.70. The van der Waals surface area contributed by atoms with E-state index in [2.05, 4.69) is 4.90 Å². The molecule has 1 aromatic carbocycles. The molecular weight excluding hydrogens is 396 g/mol. The Kier molecular flexibility index (Phi) is 8.02. The summed E-state index contributed by atoms with van der Waals surface area (Å²) in [6.07, 6.45) is 1.06. The van der Waals surface area contributed by atoms with Crippen LogP contribution in [0.15, 0.2) is 12.1 Å². The molecule has 2 aliphatic heterocycles. The number of aromatic hydroxyl groups is 1. The minimum atomic E-state index is -1.08. The Bertz CT molecular complexity index is 793. The van der Waals surface area contributed by atoms with Gasteiger partial charge in [-0.05, 0) is 29.3 Å². The molecular formula is C21H33B2N3O5. The van der Waals surface area contributed by atoms with Crippen LogP contribution >= 0.6 is 0 Å². The van der Waals surface area contributed by atoms with Gasteiger partial charge in [0, 0.05) is 51.7 Å². The summed E-state index contributed by atoms with van der Waals surface area (Å²) in [4.78, 5) is 29.8. The van der Waals surface area contributed by atoms with Gasteiger partial charge in [0.2, 0.25) is 0 Å². The highest BCUT2D eigenvalue weighted by Gasteiger charge is 2.31. The van der Waals surface area contributed by atoms with Crippen LogP contribution in [0.1, 0.15) is 18.4 Å². The number of aliphatic carboxylic acids is 1. The van der Waals surface area contributed by atoms with Crippen molar-refractivity contribution >= 4 is 37.9 Å². The number of carboxylic acids is 1. The number of benzene rings is 1. The maximum absolute atomic E-state index is 12.8. The van der Waals surface area contributed by atoms with Crippen LogP contribution in [0.2, 0.25) is 6.82 Å². The number of nitrogens with zero attached hydrogens (tertiary/aromatic N) is 3. The van der Waals surface area contributed by atoms with Crippen molar-refractivity contribution in [3.05, 3.63) is 17.7 Å². The first-order chi connectivity index (χ1) is 14.8. The van der Waals surface area contributed by atoms with Gasteiger partial charge in [0.05, 0.1) is 6.54 Å². The molecule has 8 nitrogen and oxygen atoms in total. The lowest BCUT2D eigenvalue weighted by Gasteiger charge is -2.42. The third kappa shape index (κ3) is 6.02.